The first kappa shape index (κ1) is 19.0. The molecule has 0 bridgehead atoms. The van der Waals surface area contributed by atoms with Crippen LogP contribution in [0.5, 0.6) is 0 Å². The summed E-state index contributed by atoms with van der Waals surface area (Å²) in [5.74, 6) is -0.894. The first-order valence-corrected chi connectivity index (χ1v) is 8.78. The number of hydrogen-bond donors (Lipinski definition) is 3. The van der Waals surface area contributed by atoms with E-state index >= 15 is 0 Å². The number of carbonyl (C=O) groups is 2. The van der Waals surface area contributed by atoms with Gasteiger partial charge in [-0.3, -0.25) is 4.79 Å². The van der Waals surface area contributed by atoms with Crippen LogP contribution < -0.4 is 16.8 Å². The number of anilines is 2. The Morgan fingerprint density at radius 3 is 1.93 bits per heavy atom. The molecule has 5 N–H and O–H groups in total. The van der Waals surface area contributed by atoms with Crippen LogP contribution in [-0.2, 0) is 4.74 Å². The molecule has 3 rings (SSSR count). The number of hydrogen-bond acceptors (Lipinski definition) is 5. The van der Waals surface area contributed by atoms with Crippen molar-refractivity contribution in [1.29, 1.82) is 0 Å². The van der Waals surface area contributed by atoms with Gasteiger partial charge in [-0.15, -0.1) is 0 Å². The molecule has 0 heterocycles. The van der Waals surface area contributed by atoms with Crippen molar-refractivity contribution in [3.8, 4) is 0 Å². The minimum absolute atomic E-state index is 0.0460. The summed E-state index contributed by atoms with van der Waals surface area (Å²) in [5.41, 5.74) is 13.9. The Labute approximate surface area is 163 Å². The van der Waals surface area contributed by atoms with Crippen molar-refractivity contribution in [2.24, 2.45) is 0 Å². The van der Waals surface area contributed by atoms with Crippen molar-refractivity contribution in [3.05, 3.63) is 95.6 Å². The number of nitrogens with one attached hydrogen (secondary N) is 1. The Balaban J connectivity index is 1.77. The van der Waals surface area contributed by atoms with Gasteiger partial charge >= 0.3 is 5.97 Å². The van der Waals surface area contributed by atoms with E-state index in [0.29, 0.717) is 16.9 Å². The highest BCUT2D eigenvalue weighted by Gasteiger charge is 2.20. The second-order valence-corrected chi connectivity index (χ2v) is 6.21. The van der Waals surface area contributed by atoms with Gasteiger partial charge in [0.25, 0.3) is 5.91 Å². The summed E-state index contributed by atoms with van der Waals surface area (Å²) < 4.78 is 5.43. The molecule has 1 amide bonds. The third-order valence-electron chi connectivity index (χ3n) is 4.27. The topological polar surface area (TPSA) is 107 Å². The lowest BCUT2D eigenvalue weighted by Gasteiger charge is -2.20. The highest BCUT2D eigenvalue weighted by Crippen LogP contribution is 2.18. The van der Waals surface area contributed by atoms with Crippen molar-refractivity contribution >= 4 is 23.3 Å². The van der Waals surface area contributed by atoms with E-state index in [1.807, 2.05) is 30.3 Å². The molecular weight excluding hydrogens is 354 g/mol. The van der Waals surface area contributed by atoms with Gasteiger partial charge < -0.3 is 21.5 Å². The zero-order valence-corrected chi connectivity index (χ0v) is 15.2. The van der Waals surface area contributed by atoms with Gasteiger partial charge in [-0.2, -0.15) is 0 Å². The van der Waals surface area contributed by atoms with Crippen LogP contribution in [0.4, 0.5) is 11.4 Å². The normalized spacial score (nSPS) is 11.4. The van der Waals surface area contributed by atoms with Gasteiger partial charge in [-0.25, -0.2) is 4.79 Å². The van der Waals surface area contributed by atoms with Gasteiger partial charge in [0.15, 0.2) is 0 Å². The molecule has 6 nitrogen and oxygen atoms in total. The molecule has 0 fully saturated rings. The number of rotatable bonds is 6. The van der Waals surface area contributed by atoms with E-state index < -0.39 is 12.0 Å². The van der Waals surface area contributed by atoms with Crippen LogP contribution in [0.2, 0.25) is 0 Å². The van der Waals surface area contributed by atoms with Crippen LogP contribution in [0.1, 0.15) is 32.3 Å². The van der Waals surface area contributed by atoms with Crippen LogP contribution in [-0.4, -0.2) is 18.5 Å². The molecule has 6 heteroatoms. The van der Waals surface area contributed by atoms with Gasteiger partial charge in [0.1, 0.15) is 6.61 Å². The maximum atomic E-state index is 12.7. The fraction of sp³-hybridized carbons (Fsp3) is 0.0909. The van der Waals surface area contributed by atoms with Gasteiger partial charge in [0.05, 0.1) is 17.2 Å². The Morgan fingerprint density at radius 2 is 1.32 bits per heavy atom. The minimum atomic E-state index is -0.549. The third kappa shape index (κ3) is 4.48. The molecular formula is C22H21N3O3. The molecule has 28 heavy (non-hydrogen) atoms. The molecule has 0 aliphatic carbocycles. The molecule has 0 aliphatic rings. The predicted octanol–water partition coefficient (Wildman–Crippen LogP) is 3.18. The predicted molar refractivity (Wildman–Crippen MR) is 109 cm³/mol. The summed E-state index contributed by atoms with van der Waals surface area (Å²) in [5, 5.41) is 2.88. The van der Waals surface area contributed by atoms with Gasteiger partial charge in [0, 0.05) is 11.4 Å². The lowest BCUT2D eigenvalue weighted by Crippen LogP contribution is -2.32. The summed E-state index contributed by atoms with van der Waals surface area (Å²) in [6.45, 7) is -0.0460. The van der Waals surface area contributed by atoms with Gasteiger partial charge in [0.2, 0.25) is 0 Å². The molecule has 142 valence electrons. The molecule has 1 atom stereocenters. The molecule has 0 saturated carbocycles. The molecule has 0 aliphatic heterocycles. The van der Waals surface area contributed by atoms with E-state index in [4.69, 9.17) is 16.2 Å². The van der Waals surface area contributed by atoms with E-state index in [0.717, 1.165) is 5.56 Å². The minimum Gasteiger partial charge on any atom is -0.459 e. The van der Waals surface area contributed by atoms with Crippen molar-refractivity contribution in [2.45, 2.75) is 6.04 Å². The van der Waals surface area contributed by atoms with Crippen LogP contribution in [0.15, 0.2) is 78.9 Å². The fourth-order valence-corrected chi connectivity index (χ4v) is 2.77. The monoisotopic (exact) mass is 375 g/mol. The molecule has 0 spiro atoms. The quantitative estimate of drug-likeness (QED) is 0.453. The van der Waals surface area contributed by atoms with Gasteiger partial charge in [-0.1, -0.05) is 54.6 Å². The molecule has 0 aromatic heterocycles. The average molecular weight is 375 g/mol. The molecule has 0 unspecified atom stereocenters. The Hall–Kier alpha value is -3.80. The summed E-state index contributed by atoms with van der Waals surface area (Å²) in [7, 11) is 0. The number of esters is 1. The maximum absolute atomic E-state index is 12.7. The number of carbonyl (C=O) groups excluding carboxylic acids is 2. The van der Waals surface area contributed by atoms with Crippen LogP contribution >= 0.6 is 0 Å². The summed E-state index contributed by atoms with van der Waals surface area (Å²) in [4.78, 5) is 25.0. The number of benzene rings is 3. The number of amides is 1. The first-order valence-electron chi connectivity index (χ1n) is 8.78. The summed E-state index contributed by atoms with van der Waals surface area (Å²) >= 11 is 0. The second-order valence-electron chi connectivity index (χ2n) is 6.21. The lowest BCUT2D eigenvalue weighted by atomic mass is 10.1. The molecule has 3 aromatic carbocycles. The molecule has 0 radical (unpaired) electrons. The van der Waals surface area contributed by atoms with Crippen LogP contribution in [0.25, 0.3) is 0 Å². The van der Waals surface area contributed by atoms with Crippen molar-refractivity contribution < 1.29 is 14.3 Å². The largest absolute Gasteiger partial charge is 0.459 e. The Bertz CT molecular complexity index is 974. The highest BCUT2D eigenvalue weighted by molar-refractivity contribution is 5.99. The van der Waals surface area contributed by atoms with Crippen molar-refractivity contribution in [2.75, 3.05) is 18.1 Å². The van der Waals surface area contributed by atoms with Crippen molar-refractivity contribution in [3.63, 3.8) is 0 Å². The fourth-order valence-electron chi connectivity index (χ4n) is 2.77. The standard InChI is InChI=1S/C22H21N3O3/c23-18-12-6-4-10-16(18)21(26)25-20(15-8-2-1-3-9-15)14-28-22(27)17-11-5-7-13-19(17)24/h1-13,20H,14,23-24H2,(H,25,26)/t20-/m1/s1. The summed E-state index contributed by atoms with van der Waals surface area (Å²) in [6, 6.07) is 22.2. The molecule has 0 saturated heterocycles. The lowest BCUT2D eigenvalue weighted by molar-refractivity contribution is 0.0457. The van der Waals surface area contributed by atoms with Crippen LogP contribution in [0, 0.1) is 0 Å². The number of ether oxygens (including phenoxy) is 1. The van der Waals surface area contributed by atoms with E-state index in [-0.39, 0.29) is 18.1 Å². The van der Waals surface area contributed by atoms with Crippen LogP contribution in [0.3, 0.4) is 0 Å². The van der Waals surface area contributed by atoms with E-state index in [1.165, 1.54) is 0 Å². The SMILES string of the molecule is Nc1ccccc1C(=O)N[C@H](COC(=O)c1ccccc1N)c1ccccc1. The zero-order chi connectivity index (χ0) is 19.9. The average Bonchev–Trinajstić information content (AvgIpc) is 2.72. The number of para-hydroxylation sites is 2. The Kier molecular flexibility index (Phi) is 5.91. The third-order valence-corrected chi connectivity index (χ3v) is 4.27. The van der Waals surface area contributed by atoms with Gasteiger partial charge in [-0.05, 0) is 29.8 Å². The highest BCUT2D eigenvalue weighted by atomic mass is 16.5. The number of nitrogens with two attached hydrogens (primary N) is 2. The van der Waals surface area contributed by atoms with Crippen molar-refractivity contribution in [1.82, 2.24) is 5.32 Å². The second kappa shape index (κ2) is 8.73. The smallest absolute Gasteiger partial charge is 0.340 e. The molecule has 3 aromatic rings. The first-order chi connectivity index (χ1) is 13.6. The zero-order valence-electron chi connectivity index (χ0n) is 15.2. The van der Waals surface area contributed by atoms with E-state index in [2.05, 4.69) is 5.32 Å². The Morgan fingerprint density at radius 1 is 0.786 bits per heavy atom. The number of nitrogen functional groups attached to an aromatic ring is 2. The van der Waals surface area contributed by atoms with E-state index in [1.54, 1.807) is 48.5 Å². The summed E-state index contributed by atoms with van der Waals surface area (Å²) in [6.07, 6.45) is 0. The van der Waals surface area contributed by atoms with E-state index in [9.17, 15) is 9.59 Å². The maximum Gasteiger partial charge on any atom is 0.340 e.